The van der Waals surface area contributed by atoms with Crippen molar-refractivity contribution in [2.45, 2.75) is 71.1 Å². The van der Waals surface area contributed by atoms with Crippen molar-refractivity contribution < 1.29 is 24.5 Å². The molecule has 2 atom stereocenters. The monoisotopic (exact) mass is 548 g/mol. The maximum absolute atomic E-state index is 13.6. The lowest BCUT2D eigenvalue weighted by molar-refractivity contribution is -0.385. The third-order valence-electron chi connectivity index (χ3n) is 6.91. The van der Waals surface area contributed by atoms with Crippen LogP contribution in [0.25, 0.3) is 0 Å². The zero-order valence-corrected chi connectivity index (χ0v) is 23.9. The number of ether oxygens (including phenoxy) is 1. The average molecular weight is 549 g/mol. The smallest absolute Gasteiger partial charge is 0.314 e. The molecule has 0 aliphatic rings. The van der Waals surface area contributed by atoms with E-state index in [2.05, 4.69) is 0 Å². The largest absolute Gasteiger partial charge is 0.507 e. The minimum atomic E-state index is -0.938. The molecule has 3 aromatic carbocycles. The molecule has 0 radical (unpaired) electrons. The highest BCUT2D eigenvalue weighted by molar-refractivity contribution is 5.81. The van der Waals surface area contributed by atoms with Crippen molar-refractivity contribution in [1.82, 2.24) is 0 Å². The van der Waals surface area contributed by atoms with Crippen LogP contribution in [-0.2, 0) is 20.4 Å². The van der Waals surface area contributed by atoms with E-state index in [4.69, 9.17) is 4.74 Å². The molecule has 212 valence electrons. The third-order valence-corrected chi connectivity index (χ3v) is 6.91. The van der Waals surface area contributed by atoms with E-state index >= 15 is 0 Å². The molecule has 0 aliphatic carbocycles. The van der Waals surface area contributed by atoms with Gasteiger partial charge < -0.3 is 9.84 Å². The summed E-state index contributed by atoms with van der Waals surface area (Å²) >= 11 is 0. The number of benzene rings is 3. The van der Waals surface area contributed by atoms with Gasteiger partial charge in [0.15, 0.2) is 0 Å². The molecule has 0 saturated carbocycles. The Morgan fingerprint density at radius 3 is 1.52 bits per heavy atom. The number of aromatic hydroxyl groups is 1. The Kier molecular flexibility index (Phi) is 8.67. The second-order valence-electron chi connectivity index (χ2n) is 11.9. The molecule has 0 aromatic heterocycles. The maximum Gasteiger partial charge on any atom is 0.314 e. The topological polar surface area (TPSA) is 133 Å². The molecule has 0 amide bonds. The van der Waals surface area contributed by atoms with Crippen LogP contribution in [0, 0.1) is 20.2 Å². The maximum atomic E-state index is 13.6. The van der Waals surface area contributed by atoms with Crippen LogP contribution in [0.3, 0.4) is 0 Å². The van der Waals surface area contributed by atoms with Crippen LogP contribution in [0.15, 0.2) is 60.7 Å². The quantitative estimate of drug-likeness (QED) is 0.178. The Balaban J connectivity index is 2.41. The predicted molar refractivity (Wildman–Crippen MR) is 153 cm³/mol. The van der Waals surface area contributed by atoms with Gasteiger partial charge in [0.2, 0.25) is 0 Å². The number of carbonyl (C=O) groups excluding carboxylic acids is 1. The highest BCUT2D eigenvalue weighted by atomic mass is 16.6. The van der Waals surface area contributed by atoms with Crippen molar-refractivity contribution in [3.8, 4) is 5.75 Å². The minimum absolute atomic E-state index is 0.0954. The van der Waals surface area contributed by atoms with Crippen LogP contribution in [0.2, 0.25) is 0 Å². The number of hydrogen-bond donors (Lipinski definition) is 1. The zero-order chi connectivity index (χ0) is 30.0. The highest BCUT2D eigenvalue weighted by Crippen LogP contribution is 2.46. The van der Waals surface area contributed by atoms with Gasteiger partial charge in [-0.05, 0) is 45.6 Å². The van der Waals surface area contributed by atoms with Crippen LogP contribution in [-0.4, -0.2) is 27.5 Å². The van der Waals surface area contributed by atoms with Crippen molar-refractivity contribution in [1.29, 1.82) is 0 Å². The van der Waals surface area contributed by atoms with Crippen LogP contribution >= 0.6 is 0 Å². The van der Waals surface area contributed by atoms with E-state index in [0.29, 0.717) is 27.8 Å². The molecule has 9 nitrogen and oxygen atoms in total. The first-order valence-corrected chi connectivity index (χ1v) is 13.1. The summed E-state index contributed by atoms with van der Waals surface area (Å²) in [5.74, 6) is -1.99. The van der Waals surface area contributed by atoms with Gasteiger partial charge in [0.25, 0.3) is 11.4 Å². The van der Waals surface area contributed by atoms with Gasteiger partial charge in [-0.3, -0.25) is 25.0 Å². The van der Waals surface area contributed by atoms with Crippen molar-refractivity contribution in [3.05, 3.63) is 109 Å². The van der Waals surface area contributed by atoms with Crippen LogP contribution in [0.1, 0.15) is 88.1 Å². The number of esters is 1. The number of carbonyl (C=O) groups is 1. The SMILES string of the molecule is CCOC(=O)C(c1ccc([N+](=O)[O-])cc1)C(c1ccc([N+](=O)[O-])cc1)c1cc(C(C)(C)C)c(O)c(C(C)(C)C)c1. The summed E-state index contributed by atoms with van der Waals surface area (Å²) in [6.45, 7) is 13.7. The summed E-state index contributed by atoms with van der Waals surface area (Å²) in [5, 5.41) is 34.0. The molecule has 0 saturated heterocycles. The van der Waals surface area contributed by atoms with E-state index in [9.17, 15) is 30.1 Å². The summed E-state index contributed by atoms with van der Waals surface area (Å²) in [7, 11) is 0. The Hall–Kier alpha value is -4.27. The molecule has 1 N–H and O–H groups in total. The number of rotatable bonds is 8. The molecule has 9 heteroatoms. The van der Waals surface area contributed by atoms with E-state index < -0.39 is 38.5 Å². The number of hydrogen-bond acceptors (Lipinski definition) is 7. The molecular formula is C31H36N2O7. The molecule has 3 rings (SSSR count). The second-order valence-corrected chi connectivity index (χ2v) is 11.9. The first kappa shape index (κ1) is 30.3. The zero-order valence-electron chi connectivity index (χ0n) is 23.9. The number of nitro benzene ring substituents is 2. The summed E-state index contributed by atoms with van der Waals surface area (Å²) < 4.78 is 5.51. The summed E-state index contributed by atoms with van der Waals surface area (Å²) in [5.41, 5.74) is 2.08. The first-order valence-electron chi connectivity index (χ1n) is 13.1. The Bertz CT molecular complexity index is 1360. The van der Waals surface area contributed by atoms with Crippen LogP contribution < -0.4 is 0 Å². The summed E-state index contributed by atoms with van der Waals surface area (Å²) in [6, 6.07) is 15.5. The number of phenols is 1. The van der Waals surface area contributed by atoms with Crippen molar-refractivity contribution in [3.63, 3.8) is 0 Å². The molecule has 0 aliphatic heterocycles. The molecule has 2 unspecified atom stereocenters. The first-order chi connectivity index (χ1) is 18.6. The molecular weight excluding hydrogens is 512 g/mol. The van der Waals surface area contributed by atoms with E-state index in [1.165, 1.54) is 36.4 Å². The highest BCUT2D eigenvalue weighted by Gasteiger charge is 2.37. The average Bonchev–Trinajstić information content (AvgIpc) is 2.86. The van der Waals surface area contributed by atoms with Crippen molar-refractivity contribution in [2.24, 2.45) is 0 Å². The van der Waals surface area contributed by atoms with E-state index in [-0.39, 0.29) is 23.7 Å². The number of nitro groups is 2. The van der Waals surface area contributed by atoms with Gasteiger partial charge in [0, 0.05) is 30.2 Å². The standard InChI is InChI=1S/C31H36N2O7/c1-8-40-29(35)27(20-11-15-23(16-12-20)33(38)39)26(19-9-13-22(14-10-19)32(36)37)21-17-24(30(2,3)4)28(34)25(18-21)31(5,6)7/h9-18,26-27,34H,8H2,1-7H3. The third kappa shape index (κ3) is 6.47. The fourth-order valence-electron chi connectivity index (χ4n) is 4.86. The van der Waals surface area contributed by atoms with E-state index in [1.54, 1.807) is 19.1 Å². The fraction of sp³-hybridized carbons (Fsp3) is 0.387. The van der Waals surface area contributed by atoms with Gasteiger partial charge in [0.1, 0.15) is 5.75 Å². The van der Waals surface area contributed by atoms with Crippen molar-refractivity contribution in [2.75, 3.05) is 6.61 Å². The summed E-state index contributed by atoms with van der Waals surface area (Å²) in [6.07, 6.45) is 0. The molecule has 0 bridgehead atoms. The molecule has 0 fully saturated rings. The minimum Gasteiger partial charge on any atom is -0.507 e. The lowest BCUT2D eigenvalue weighted by Crippen LogP contribution is -2.25. The number of non-ortho nitro benzene ring substituents is 2. The molecule has 40 heavy (non-hydrogen) atoms. The van der Waals surface area contributed by atoms with E-state index in [0.717, 1.165) is 0 Å². The number of phenolic OH excluding ortho intramolecular Hbond substituents is 1. The lowest BCUT2D eigenvalue weighted by Gasteiger charge is -2.32. The Morgan fingerprint density at radius 2 is 1.18 bits per heavy atom. The predicted octanol–water partition coefficient (Wildman–Crippen LogP) is 7.28. The number of nitrogens with zero attached hydrogens (tertiary/aromatic N) is 2. The molecule has 0 spiro atoms. The van der Waals surface area contributed by atoms with Gasteiger partial charge in [-0.15, -0.1) is 0 Å². The van der Waals surface area contributed by atoms with Gasteiger partial charge in [-0.1, -0.05) is 77.9 Å². The van der Waals surface area contributed by atoms with Crippen molar-refractivity contribution >= 4 is 17.3 Å². The Morgan fingerprint density at radius 1 is 0.775 bits per heavy atom. The van der Waals surface area contributed by atoms with E-state index in [1.807, 2.05) is 53.7 Å². The Labute approximate surface area is 234 Å². The molecule has 3 aromatic rings. The normalized spacial score (nSPS) is 13.4. The summed E-state index contributed by atoms with van der Waals surface area (Å²) in [4.78, 5) is 35.3. The van der Waals surface area contributed by atoms with Gasteiger partial charge in [-0.2, -0.15) is 0 Å². The van der Waals surface area contributed by atoms with Crippen LogP contribution in [0.4, 0.5) is 11.4 Å². The second kappa shape index (κ2) is 11.5. The van der Waals surface area contributed by atoms with Gasteiger partial charge in [0.05, 0.1) is 22.4 Å². The lowest BCUT2D eigenvalue weighted by atomic mass is 9.72. The van der Waals surface area contributed by atoms with Gasteiger partial charge >= 0.3 is 5.97 Å². The fourth-order valence-corrected chi connectivity index (χ4v) is 4.86. The molecule has 0 heterocycles. The van der Waals surface area contributed by atoms with Crippen LogP contribution in [0.5, 0.6) is 5.75 Å². The van der Waals surface area contributed by atoms with Gasteiger partial charge in [-0.25, -0.2) is 0 Å².